The van der Waals surface area contributed by atoms with Crippen molar-refractivity contribution in [2.24, 2.45) is 0 Å². The summed E-state index contributed by atoms with van der Waals surface area (Å²) in [6.07, 6.45) is 5.64. The van der Waals surface area contributed by atoms with E-state index in [9.17, 15) is 0 Å². The van der Waals surface area contributed by atoms with Crippen LogP contribution >= 0.6 is 0 Å². The Hall–Kier alpha value is -2.68. The number of hydrogen-bond acceptors (Lipinski definition) is 6. The second-order valence-electron chi connectivity index (χ2n) is 5.46. The number of nitrogens with zero attached hydrogens (tertiary/aromatic N) is 5. The van der Waals surface area contributed by atoms with Gasteiger partial charge in [0.15, 0.2) is 0 Å². The van der Waals surface area contributed by atoms with Gasteiger partial charge in [0.1, 0.15) is 11.8 Å². The van der Waals surface area contributed by atoms with E-state index in [2.05, 4.69) is 31.2 Å². The predicted molar refractivity (Wildman–Crippen MR) is 84.6 cm³/mol. The molecule has 0 aliphatic carbocycles. The van der Waals surface area contributed by atoms with E-state index < -0.39 is 0 Å². The highest BCUT2D eigenvalue weighted by Crippen LogP contribution is 2.21. The highest BCUT2D eigenvalue weighted by molar-refractivity contribution is 5.49. The maximum Gasteiger partial charge on any atom is 0.223 e. The van der Waals surface area contributed by atoms with Crippen LogP contribution in [0.25, 0.3) is 0 Å². The van der Waals surface area contributed by atoms with E-state index in [4.69, 9.17) is 5.26 Å². The number of aromatic nitrogens is 3. The van der Waals surface area contributed by atoms with Gasteiger partial charge in [0.05, 0.1) is 0 Å². The molecule has 1 unspecified atom stereocenters. The van der Waals surface area contributed by atoms with Crippen LogP contribution in [0.5, 0.6) is 0 Å². The SMILES string of the molecule is Cc1ccnc(NC2CCCN(c3ccnc(C#N)c3)C2)n1. The Morgan fingerprint density at radius 1 is 1.32 bits per heavy atom. The number of anilines is 2. The molecule has 6 heteroatoms. The predicted octanol–water partition coefficient (Wildman–Crippen LogP) is 2.13. The largest absolute Gasteiger partial charge is 0.369 e. The van der Waals surface area contributed by atoms with Crippen LogP contribution in [-0.2, 0) is 0 Å². The van der Waals surface area contributed by atoms with Gasteiger partial charge in [0.25, 0.3) is 0 Å². The van der Waals surface area contributed by atoms with Gasteiger partial charge in [-0.05, 0) is 38.0 Å². The summed E-state index contributed by atoms with van der Waals surface area (Å²) in [6, 6.07) is 8.07. The fourth-order valence-corrected chi connectivity index (χ4v) is 2.71. The monoisotopic (exact) mass is 294 g/mol. The average Bonchev–Trinajstić information content (AvgIpc) is 2.55. The third kappa shape index (κ3) is 3.31. The Morgan fingerprint density at radius 2 is 2.18 bits per heavy atom. The van der Waals surface area contributed by atoms with E-state index >= 15 is 0 Å². The zero-order chi connectivity index (χ0) is 15.4. The lowest BCUT2D eigenvalue weighted by Crippen LogP contribution is -2.42. The summed E-state index contributed by atoms with van der Waals surface area (Å²) in [7, 11) is 0. The number of pyridine rings is 1. The molecule has 1 aliphatic rings. The number of aryl methyl sites for hydroxylation is 1. The molecular weight excluding hydrogens is 276 g/mol. The molecule has 6 nitrogen and oxygen atoms in total. The second-order valence-corrected chi connectivity index (χ2v) is 5.46. The van der Waals surface area contributed by atoms with Crippen molar-refractivity contribution in [1.29, 1.82) is 5.26 Å². The molecule has 3 rings (SSSR count). The highest BCUT2D eigenvalue weighted by Gasteiger charge is 2.21. The number of piperidine rings is 1. The molecule has 0 radical (unpaired) electrons. The molecule has 22 heavy (non-hydrogen) atoms. The molecule has 1 aliphatic heterocycles. The van der Waals surface area contributed by atoms with Crippen molar-refractivity contribution in [2.45, 2.75) is 25.8 Å². The lowest BCUT2D eigenvalue weighted by Gasteiger charge is -2.34. The van der Waals surface area contributed by atoms with Gasteiger partial charge in [-0.2, -0.15) is 5.26 Å². The molecule has 0 bridgehead atoms. The van der Waals surface area contributed by atoms with Gasteiger partial charge in [0, 0.05) is 42.9 Å². The number of nitriles is 1. The Bertz CT molecular complexity index is 693. The van der Waals surface area contributed by atoms with Crippen molar-refractivity contribution in [3.05, 3.63) is 42.0 Å². The van der Waals surface area contributed by atoms with E-state index in [1.807, 2.05) is 25.1 Å². The minimum atomic E-state index is 0.300. The van der Waals surface area contributed by atoms with Crippen LogP contribution in [0, 0.1) is 18.3 Å². The average molecular weight is 294 g/mol. The van der Waals surface area contributed by atoms with E-state index in [1.54, 1.807) is 12.4 Å². The fraction of sp³-hybridized carbons (Fsp3) is 0.375. The summed E-state index contributed by atoms with van der Waals surface area (Å²) in [5.41, 5.74) is 2.45. The molecule has 1 fully saturated rings. The molecule has 2 aromatic heterocycles. The van der Waals surface area contributed by atoms with Crippen molar-refractivity contribution in [3.63, 3.8) is 0 Å². The maximum atomic E-state index is 8.97. The maximum absolute atomic E-state index is 8.97. The molecule has 2 aromatic rings. The third-order valence-corrected chi connectivity index (χ3v) is 3.77. The van der Waals surface area contributed by atoms with Crippen LogP contribution in [0.15, 0.2) is 30.6 Å². The van der Waals surface area contributed by atoms with Gasteiger partial charge in [-0.1, -0.05) is 0 Å². The number of nitrogens with one attached hydrogen (secondary N) is 1. The molecular formula is C16H18N6. The Morgan fingerprint density at radius 3 is 3.00 bits per heavy atom. The molecule has 0 saturated carbocycles. The van der Waals surface area contributed by atoms with Crippen molar-refractivity contribution in [1.82, 2.24) is 15.0 Å². The molecule has 0 aromatic carbocycles. The standard InChI is InChI=1S/C16H18N6/c1-12-4-6-19-16(20-12)21-13-3-2-8-22(11-13)15-5-7-18-14(9-15)10-17/h4-7,9,13H,2-3,8,11H2,1H3,(H,19,20,21). The Balaban J connectivity index is 1.70. The van der Waals surface area contributed by atoms with Gasteiger partial charge in [-0.15, -0.1) is 0 Å². The van der Waals surface area contributed by atoms with Crippen LogP contribution in [0.3, 0.4) is 0 Å². The van der Waals surface area contributed by atoms with Crippen molar-refractivity contribution < 1.29 is 0 Å². The van der Waals surface area contributed by atoms with E-state index in [1.165, 1.54) is 0 Å². The molecule has 1 saturated heterocycles. The summed E-state index contributed by atoms with van der Waals surface area (Å²) in [6.45, 7) is 3.81. The first-order valence-corrected chi connectivity index (χ1v) is 7.42. The Labute approximate surface area is 129 Å². The summed E-state index contributed by atoms with van der Waals surface area (Å²) < 4.78 is 0. The molecule has 1 atom stereocenters. The first kappa shape index (κ1) is 14.3. The normalized spacial score (nSPS) is 17.8. The first-order valence-electron chi connectivity index (χ1n) is 7.42. The zero-order valence-electron chi connectivity index (χ0n) is 12.5. The second kappa shape index (κ2) is 6.39. The van der Waals surface area contributed by atoms with Gasteiger partial charge in [-0.3, -0.25) is 0 Å². The molecule has 0 spiro atoms. The smallest absolute Gasteiger partial charge is 0.223 e. The topological polar surface area (TPSA) is 77.7 Å². The molecule has 0 amide bonds. The summed E-state index contributed by atoms with van der Waals surface area (Å²) in [5.74, 6) is 0.680. The van der Waals surface area contributed by atoms with Gasteiger partial charge < -0.3 is 10.2 Å². The molecule has 1 N–H and O–H groups in total. The minimum absolute atomic E-state index is 0.300. The summed E-state index contributed by atoms with van der Waals surface area (Å²) >= 11 is 0. The lowest BCUT2D eigenvalue weighted by molar-refractivity contribution is 0.527. The van der Waals surface area contributed by atoms with Crippen molar-refractivity contribution in [3.8, 4) is 6.07 Å². The Kier molecular flexibility index (Phi) is 4.15. The first-order chi connectivity index (χ1) is 10.7. The van der Waals surface area contributed by atoms with Gasteiger partial charge in [-0.25, -0.2) is 15.0 Å². The van der Waals surface area contributed by atoms with Crippen molar-refractivity contribution >= 4 is 11.6 Å². The number of rotatable bonds is 3. The summed E-state index contributed by atoms with van der Waals surface area (Å²) in [5, 5.41) is 12.4. The van der Waals surface area contributed by atoms with Crippen molar-refractivity contribution in [2.75, 3.05) is 23.3 Å². The van der Waals surface area contributed by atoms with Crippen LogP contribution in [-0.4, -0.2) is 34.1 Å². The highest BCUT2D eigenvalue weighted by atomic mass is 15.2. The van der Waals surface area contributed by atoms with Crippen LogP contribution in [0.1, 0.15) is 24.2 Å². The van der Waals surface area contributed by atoms with Crippen LogP contribution in [0.4, 0.5) is 11.6 Å². The summed E-state index contributed by atoms with van der Waals surface area (Å²) in [4.78, 5) is 15.0. The van der Waals surface area contributed by atoms with Gasteiger partial charge >= 0.3 is 0 Å². The third-order valence-electron chi connectivity index (χ3n) is 3.77. The fourth-order valence-electron chi connectivity index (χ4n) is 2.71. The lowest BCUT2D eigenvalue weighted by atomic mass is 10.1. The van der Waals surface area contributed by atoms with E-state index in [-0.39, 0.29) is 0 Å². The van der Waals surface area contributed by atoms with Gasteiger partial charge in [0.2, 0.25) is 5.95 Å². The van der Waals surface area contributed by atoms with E-state index in [0.29, 0.717) is 17.7 Å². The molecule has 112 valence electrons. The van der Waals surface area contributed by atoms with Crippen LogP contribution in [0.2, 0.25) is 0 Å². The minimum Gasteiger partial charge on any atom is -0.369 e. The number of hydrogen-bond donors (Lipinski definition) is 1. The molecule has 3 heterocycles. The zero-order valence-corrected chi connectivity index (χ0v) is 12.5. The van der Waals surface area contributed by atoms with E-state index in [0.717, 1.165) is 37.3 Å². The van der Waals surface area contributed by atoms with Crippen LogP contribution < -0.4 is 10.2 Å². The quantitative estimate of drug-likeness (QED) is 0.934.